The molecule has 2 aromatic rings. The number of ether oxygens (including phenoxy) is 1. The van der Waals surface area contributed by atoms with E-state index in [9.17, 15) is 18.3 Å². The number of piperazine rings is 1. The van der Waals surface area contributed by atoms with Crippen LogP contribution >= 0.6 is 11.3 Å². The van der Waals surface area contributed by atoms with E-state index in [-0.39, 0.29) is 17.5 Å². The van der Waals surface area contributed by atoms with Crippen molar-refractivity contribution in [2.75, 3.05) is 26.2 Å². The smallest absolute Gasteiger partial charge is 0.508 e. The second-order valence-corrected chi connectivity index (χ2v) is 6.29. The number of halogens is 3. The van der Waals surface area contributed by atoms with Crippen LogP contribution in [-0.2, 0) is 0 Å². The van der Waals surface area contributed by atoms with Gasteiger partial charge in [-0.3, -0.25) is 4.90 Å². The lowest BCUT2D eigenvalue weighted by molar-refractivity contribution is -0.274. The molecular weight excluding hydrogens is 341 g/mol. The number of aromatic hydroxyl groups is 1. The lowest BCUT2D eigenvalue weighted by Crippen LogP contribution is -2.45. The number of thiophene rings is 1. The van der Waals surface area contributed by atoms with Crippen molar-refractivity contribution in [3.63, 3.8) is 0 Å². The van der Waals surface area contributed by atoms with Crippen LogP contribution in [0.4, 0.5) is 13.2 Å². The topological polar surface area (TPSA) is 44.7 Å². The standard InChI is InChI=1S/C16H17F3N2O2S/c17-16(18,19)23-12-1-2-14(22)13(9-12)15(11-3-8-24-10-11)21-6-4-20-5-7-21/h1-3,8-10,15,20,22H,4-7H2/t15-/m1/s1. The highest BCUT2D eigenvalue weighted by Gasteiger charge is 2.32. The molecule has 1 saturated heterocycles. The number of hydrogen-bond acceptors (Lipinski definition) is 5. The Hall–Kier alpha value is -1.77. The van der Waals surface area contributed by atoms with Crippen LogP contribution in [0, 0.1) is 0 Å². The predicted octanol–water partition coefficient (Wildman–Crippen LogP) is 3.35. The first-order valence-electron chi connectivity index (χ1n) is 7.49. The number of rotatable bonds is 4. The Morgan fingerprint density at radius 3 is 2.58 bits per heavy atom. The average Bonchev–Trinajstić information content (AvgIpc) is 3.04. The first-order chi connectivity index (χ1) is 11.4. The van der Waals surface area contributed by atoms with Gasteiger partial charge in [0.2, 0.25) is 0 Å². The van der Waals surface area contributed by atoms with Gasteiger partial charge in [-0.25, -0.2) is 0 Å². The van der Waals surface area contributed by atoms with Crippen LogP contribution in [0.25, 0.3) is 0 Å². The van der Waals surface area contributed by atoms with Crippen LogP contribution in [0.3, 0.4) is 0 Å². The zero-order valence-electron chi connectivity index (χ0n) is 12.7. The van der Waals surface area contributed by atoms with Gasteiger partial charge >= 0.3 is 6.36 Å². The number of phenolic OH excluding ortho intramolecular Hbond substituents is 1. The molecule has 1 aromatic heterocycles. The van der Waals surface area contributed by atoms with Crippen molar-refractivity contribution >= 4 is 11.3 Å². The van der Waals surface area contributed by atoms with Gasteiger partial charge in [-0.1, -0.05) is 0 Å². The van der Waals surface area contributed by atoms with E-state index in [1.165, 1.54) is 23.5 Å². The predicted molar refractivity (Wildman–Crippen MR) is 85.4 cm³/mol. The van der Waals surface area contributed by atoms with Gasteiger partial charge in [-0.05, 0) is 40.6 Å². The van der Waals surface area contributed by atoms with Crippen LogP contribution in [0.5, 0.6) is 11.5 Å². The van der Waals surface area contributed by atoms with E-state index in [0.717, 1.165) is 37.8 Å². The van der Waals surface area contributed by atoms with E-state index >= 15 is 0 Å². The molecule has 1 aromatic carbocycles. The second-order valence-electron chi connectivity index (χ2n) is 5.51. The monoisotopic (exact) mass is 358 g/mol. The summed E-state index contributed by atoms with van der Waals surface area (Å²) < 4.78 is 41.5. The van der Waals surface area contributed by atoms with E-state index in [1.54, 1.807) is 0 Å². The Bertz CT molecular complexity index is 670. The van der Waals surface area contributed by atoms with Crippen LogP contribution < -0.4 is 10.1 Å². The van der Waals surface area contributed by atoms with Crippen molar-refractivity contribution in [3.8, 4) is 11.5 Å². The summed E-state index contributed by atoms with van der Waals surface area (Å²) in [4.78, 5) is 2.14. The molecule has 3 rings (SSSR count). The molecule has 4 nitrogen and oxygen atoms in total. The number of hydrogen-bond donors (Lipinski definition) is 2. The number of benzene rings is 1. The maximum absolute atomic E-state index is 12.5. The van der Waals surface area contributed by atoms with Crippen LogP contribution in [0.15, 0.2) is 35.0 Å². The van der Waals surface area contributed by atoms with Crippen molar-refractivity contribution in [1.29, 1.82) is 0 Å². The van der Waals surface area contributed by atoms with E-state index in [2.05, 4.69) is 15.0 Å². The fraction of sp³-hybridized carbons (Fsp3) is 0.375. The number of nitrogens with one attached hydrogen (secondary N) is 1. The minimum Gasteiger partial charge on any atom is -0.508 e. The summed E-state index contributed by atoms with van der Waals surface area (Å²) in [6.45, 7) is 3.06. The van der Waals surface area contributed by atoms with Gasteiger partial charge in [0.1, 0.15) is 11.5 Å². The molecule has 0 aliphatic carbocycles. The van der Waals surface area contributed by atoms with Gasteiger partial charge < -0.3 is 15.2 Å². The summed E-state index contributed by atoms with van der Waals surface area (Å²) in [6, 6.07) is 5.25. The summed E-state index contributed by atoms with van der Waals surface area (Å²) in [6.07, 6.45) is -4.76. The molecule has 24 heavy (non-hydrogen) atoms. The molecule has 0 saturated carbocycles. The Labute approximate surface area is 141 Å². The Morgan fingerprint density at radius 1 is 1.21 bits per heavy atom. The largest absolute Gasteiger partial charge is 0.573 e. The normalized spacial score (nSPS) is 17.6. The quantitative estimate of drug-likeness (QED) is 0.880. The van der Waals surface area contributed by atoms with Gasteiger partial charge in [0, 0.05) is 31.7 Å². The number of nitrogens with zero attached hydrogens (tertiary/aromatic N) is 1. The van der Waals surface area contributed by atoms with Gasteiger partial charge in [0.15, 0.2) is 0 Å². The van der Waals surface area contributed by atoms with Crippen molar-refractivity contribution in [3.05, 3.63) is 46.2 Å². The molecular formula is C16H17F3N2O2S. The molecule has 0 spiro atoms. The summed E-state index contributed by atoms with van der Waals surface area (Å²) in [7, 11) is 0. The molecule has 1 atom stereocenters. The van der Waals surface area contributed by atoms with Gasteiger partial charge in [0.05, 0.1) is 6.04 Å². The molecule has 130 valence electrons. The highest BCUT2D eigenvalue weighted by atomic mass is 32.1. The summed E-state index contributed by atoms with van der Waals surface area (Å²) in [5, 5.41) is 17.4. The van der Waals surface area contributed by atoms with Crippen molar-refractivity contribution in [1.82, 2.24) is 10.2 Å². The minimum atomic E-state index is -4.76. The van der Waals surface area contributed by atoms with E-state index in [1.807, 2.05) is 16.8 Å². The lowest BCUT2D eigenvalue weighted by atomic mass is 9.97. The van der Waals surface area contributed by atoms with E-state index in [4.69, 9.17) is 0 Å². The third kappa shape index (κ3) is 4.00. The average molecular weight is 358 g/mol. The van der Waals surface area contributed by atoms with E-state index < -0.39 is 6.36 Å². The second kappa shape index (κ2) is 7.00. The Morgan fingerprint density at radius 2 is 1.96 bits per heavy atom. The minimum absolute atomic E-state index is 0.0424. The first kappa shape index (κ1) is 17.1. The highest BCUT2D eigenvalue weighted by molar-refractivity contribution is 7.08. The van der Waals surface area contributed by atoms with Crippen molar-refractivity contribution in [2.24, 2.45) is 0 Å². The Kier molecular flexibility index (Phi) is 4.98. The molecule has 0 amide bonds. The molecule has 0 bridgehead atoms. The molecule has 2 N–H and O–H groups in total. The van der Waals surface area contributed by atoms with Crippen LogP contribution in [-0.4, -0.2) is 42.5 Å². The maximum Gasteiger partial charge on any atom is 0.573 e. The fourth-order valence-corrected chi connectivity index (χ4v) is 3.59. The van der Waals surface area contributed by atoms with Crippen molar-refractivity contribution in [2.45, 2.75) is 12.4 Å². The van der Waals surface area contributed by atoms with Crippen molar-refractivity contribution < 1.29 is 23.0 Å². The zero-order valence-corrected chi connectivity index (χ0v) is 13.5. The first-order valence-corrected chi connectivity index (χ1v) is 8.44. The lowest BCUT2D eigenvalue weighted by Gasteiger charge is -2.35. The molecule has 1 aliphatic heterocycles. The third-order valence-corrected chi connectivity index (χ3v) is 4.60. The molecule has 8 heteroatoms. The molecule has 0 unspecified atom stereocenters. The van der Waals surface area contributed by atoms with Crippen LogP contribution in [0.2, 0.25) is 0 Å². The Balaban J connectivity index is 1.99. The third-order valence-electron chi connectivity index (χ3n) is 3.90. The number of alkyl halides is 3. The summed E-state index contributed by atoms with van der Waals surface area (Å²) in [5.41, 5.74) is 1.36. The fourth-order valence-electron chi connectivity index (χ4n) is 2.91. The van der Waals surface area contributed by atoms with E-state index in [0.29, 0.717) is 5.56 Å². The van der Waals surface area contributed by atoms with Gasteiger partial charge in [-0.15, -0.1) is 13.2 Å². The molecule has 1 fully saturated rings. The molecule has 0 radical (unpaired) electrons. The van der Waals surface area contributed by atoms with Crippen LogP contribution in [0.1, 0.15) is 17.2 Å². The van der Waals surface area contributed by atoms with Gasteiger partial charge in [0.25, 0.3) is 0 Å². The van der Waals surface area contributed by atoms with Gasteiger partial charge in [-0.2, -0.15) is 11.3 Å². The SMILES string of the molecule is Oc1ccc(OC(F)(F)F)cc1[C@@H](c1ccsc1)N1CCNCC1. The molecule has 2 heterocycles. The highest BCUT2D eigenvalue weighted by Crippen LogP contribution is 2.38. The summed E-state index contributed by atoms with van der Waals surface area (Å²) in [5.74, 6) is -0.370. The summed E-state index contributed by atoms with van der Waals surface area (Å²) >= 11 is 1.51. The molecule has 1 aliphatic rings. The maximum atomic E-state index is 12.5. The zero-order chi connectivity index (χ0) is 17.2. The number of phenols is 1.